The topological polar surface area (TPSA) is 64.3 Å². The van der Waals surface area contributed by atoms with Gasteiger partial charge in [0, 0.05) is 34.6 Å². The second-order valence-corrected chi connectivity index (χ2v) is 8.30. The van der Waals surface area contributed by atoms with Crippen molar-refractivity contribution in [2.45, 2.75) is 31.7 Å². The molecule has 0 amide bonds. The Hall–Kier alpha value is -1.95. The van der Waals surface area contributed by atoms with Crippen LogP contribution in [0.25, 0.3) is 21.9 Å². The summed E-state index contributed by atoms with van der Waals surface area (Å²) < 4.78 is 5.34. The van der Waals surface area contributed by atoms with Crippen molar-refractivity contribution in [3.8, 4) is 5.88 Å². The summed E-state index contributed by atoms with van der Waals surface area (Å²) >= 11 is 6.20. The normalized spacial score (nSPS) is 15.5. The molecule has 1 aliphatic carbocycles. The zero-order valence-corrected chi connectivity index (χ0v) is 17.2. The maximum atomic E-state index is 6.70. The monoisotopic (exact) mass is 398 g/mol. The summed E-state index contributed by atoms with van der Waals surface area (Å²) in [5.74, 6) is 1.48. The molecule has 6 heteroatoms. The number of aromatic nitrogens is 2. The lowest BCUT2D eigenvalue weighted by Crippen LogP contribution is -2.23. The van der Waals surface area contributed by atoms with E-state index in [1.165, 1.54) is 19.4 Å². The lowest BCUT2D eigenvalue weighted by molar-refractivity contribution is 0.309. The molecule has 3 aromatic rings. The number of nitrogens with two attached hydrogens (primary N) is 1. The maximum absolute atomic E-state index is 6.70. The van der Waals surface area contributed by atoms with E-state index in [-0.39, 0.29) is 6.04 Å². The minimum absolute atomic E-state index is 0.122. The third-order valence-electron chi connectivity index (χ3n) is 5.50. The Balaban J connectivity index is 1.65. The first kappa shape index (κ1) is 19.4. The summed E-state index contributed by atoms with van der Waals surface area (Å²) in [6.45, 7) is 2.27. The predicted molar refractivity (Wildman–Crippen MR) is 115 cm³/mol. The minimum atomic E-state index is -0.122. The minimum Gasteiger partial charge on any atom is -0.481 e. The summed E-state index contributed by atoms with van der Waals surface area (Å²) in [7, 11) is 3.83. The van der Waals surface area contributed by atoms with Crippen molar-refractivity contribution in [3.63, 3.8) is 0 Å². The van der Waals surface area contributed by atoms with Crippen LogP contribution in [0.4, 0.5) is 0 Å². The van der Waals surface area contributed by atoms with Gasteiger partial charge in [-0.1, -0.05) is 17.7 Å². The van der Waals surface area contributed by atoms with Crippen molar-refractivity contribution in [3.05, 3.63) is 40.9 Å². The lowest BCUT2D eigenvalue weighted by Gasteiger charge is -2.20. The van der Waals surface area contributed by atoms with Crippen LogP contribution in [0.1, 0.15) is 37.3 Å². The zero-order valence-electron chi connectivity index (χ0n) is 16.5. The van der Waals surface area contributed by atoms with Crippen LogP contribution in [0, 0.1) is 5.92 Å². The van der Waals surface area contributed by atoms with Crippen LogP contribution < -0.4 is 10.5 Å². The molecule has 0 spiro atoms. The Morgan fingerprint density at radius 3 is 2.79 bits per heavy atom. The first-order valence-corrected chi connectivity index (χ1v) is 10.3. The number of nitrogens with zero attached hydrogens (tertiary/aromatic N) is 3. The van der Waals surface area contributed by atoms with Gasteiger partial charge in [-0.2, -0.15) is 0 Å². The molecule has 1 fully saturated rings. The summed E-state index contributed by atoms with van der Waals surface area (Å²) in [6, 6.07) is 9.41. The van der Waals surface area contributed by atoms with E-state index in [0.717, 1.165) is 52.8 Å². The number of fused-ring (bicyclic) bond motifs is 2. The van der Waals surface area contributed by atoms with Crippen LogP contribution in [0.15, 0.2) is 30.3 Å². The molecule has 28 heavy (non-hydrogen) atoms. The molecule has 1 saturated carbocycles. The van der Waals surface area contributed by atoms with Crippen LogP contribution in [-0.4, -0.2) is 42.1 Å². The van der Waals surface area contributed by atoms with Crippen LogP contribution in [0.3, 0.4) is 0 Å². The smallest absolute Gasteiger partial charge is 0.213 e. The van der Waals surface area contributed by atoms with Crippen molar-refractivity contribution in [1.29, 1.82) is 0 Å². The fourth-order valence-electron chi connectivity index (χ4n) is 3.85. The fraction of sp³-hybridized carbons (Fsp3) is 0.455. The highest BCUT2D eigenvalue weighted by atomic mass is 35.5. The van der Waals surface area contributed by atoms with Gasteiger partial charge in [-0.05, 0) is 63.4 Å². The van der Waals surface area contributed by atoms with Gasteiger partial charge in [0.2, 0.25) is 5.88 Å². The molecule has 1 atom stereocenters. The Kier molecular flexibility index (Phi) is 5.67. The number of ether oxygens (including phenoxy) is 1. The van der Waals surface area contributed by atoms with E-state index in [1.807, 2.05) is 30.3 Å². The van der Waals surface area contributed by atoms with Crippen LogP contribution in [-0.2, 0) is 0 Å². The average Bonchev–Trinajstić information content (AvgIpc) is 3.49. The molecule has 5 nitrogen and oxygen atoms in total. The highest BCUT2D eigenvalue weighted by Gasteiger charge is 2.23. The van der Waals surface area contributed by atoms with E-state index >= 15 is 0 Å². The molecule has 148 valence electrons. The van der Waals surface area contributed by atoms with Gasteiger partial charge in [-0.15, -0.1) is 0 Å². The van der Waals surface area contributed by atoms with Gasteiger partial charge in [0.25, 0.3) is 0 Å². The van der Waals surface area contributed by atoms with Gasteiger partial charge < -0.3 is 15.4 Å². The largest absolute Gasteiger partial charge is 0.481 e. The van der Waals surface area contributed by atoms with Gasteiger partial charge >= 0.3 is 0 Å². The van der Waals surface area contributed by atoms with Crippen molar-refractivity contribution >= 4 is 33.5 Å². The molecule has 0 radical (unpaired) electrons. The van der Waals surface area contributed by atoms with Crippen molar-refractivity contribution in [2.24, 2.45) is 11.7 Å². The zero-order chi connectivity index (χ0) is 19.7. The number of pyridine rings is 2. The van der Waals surface area contributed by atoms with E-state index in [4.69, 9.17) is 27.1 Å². The highest BCUT2D eigenvalue weighted by molar-refractivity contribution is 6.31. The Morgan fingerprint density at radius 1 is 1.21 bits per heavy atom. The molecular weight excluding hydrogens is 372 g/mol. The SMILES string of the molecule is COc1ccc2nc3cc(Cl)ccc3c(C(N)CCCN(C)CC3CC3)c2n1. The van der Waals surface area contributed by atoms with Gasteiger partial charge in [0.1, 0.15) is 0 Å². The second-order valence-electron chi connectivity index (χ2n) is 7.86. The van der Waals surface area contributed by atoms with Crippen LogP contribution >= 0.6 is 11.6 Å². The predicted octanol–water partition coefficient (Wildman–Crippen LogP) is 4.57. The van der Waals surface area contributed by atoms with Crippen LogP contribution in [0.5, 0.6) is 5.88 Å². The summed E-state index contributed by atoms with van der Waals surface area (Å²) in [5, 5.41) is 1.68. The highest BCUT2D eigenvalue weighted by Crippen LogP contribution is 2.33. The van der Waals surface area contributed by atoms with E-state index < -0.39 is 0 Å². The quantitative estimate of drug-likeness (QED) is 0.563. The molecule has 0 aliphatic heterocycles. The fourth-order valence-corrected chi connectivity index (χ4v) is 4.02. The number of hydrogen-bond donors (Lipinski definition) is 1. The van der Waals surface area contributed by atoms with E-state index in [0.29, 0.717) is 10.9 Å². The number of halogens is 1. The summed E-state index contributed by atoms with van der Waals surface area (Å²) in [4.78, 5) is 11.8. The molecular formula is C22H27ClN4O. The third-order valence-corrected chi connectivity index (χ3v) is 5.73. The molecule has 2 heterocycles. The number of benzene rings is 1. The molecule has 1 aromatic carbocycles. The first-order chi connectivity index (χ1) is 13.5. The summed E-state index contributed by atoms with van der Waals surface area (Å²) in [5.41, 5.74) is 10.2. The van der Waals surface area contributed by atoms with Crippen molar-refractivity contribution in [1.82, 2.24) is 14.9 Å². The molecule has 2 aromatic heterocycles. The number of methoxy groups -OCH3 is 1. The first-order valence-electron chi connectivity index (χ1n) is 9.93. The number of rotatable bonds is 8. The van der Waals surface area contributed by atoms with E-state index in [1.54, 1.807) is 7.11 Å². The van der Waals surface area contributed by atoms with Gasteiger partial charge in [0.15, 0.2) is 0 Å². The standard InChI is InChI=1S/C22H27ClN4O/c1-27(13-14-5-6-14)11-3-4-17(24)21-16-8-7-15(23)12-19(16)25-18-9-10-20(28-2)26-22(18)21/h7-10,12,14,17H,3-6,11,13,24H2,1-2H3. The molecule has 0 saturated heterocycles. The van der Waals surface area contributed by atoms with Gasteiger partial charge in [-0.25, -0.2) is 9.97 Å². The van der Waals surface area contributed by atoms with Crippen molar-refractivity contribution < 1.29 is 4.74 Å². The summed E-state index contributed by atoms with van der Waals surface area (Å²) in [6.07, 6.45) is 4.71. The Labute approximate surface area is 170 Å². The Bertz CT molecular complexity index is 989. The van der Waals surface area contributed by atoms with E-state index in [9.17, 15) is 0 Å². The molecule has 1 unspecified atom stereocenters. The maximum Gasteiger partial charge on any atom is 0.213 e. The van der Waals surface area contributed by atoms with E-state index in [2.05, 4.69) is 16.9 Å². The second kappa shape index (κ2) is 8.19. The van der Waals surface area contributed by atoms with Gasteiger partial charge in [-0.3, -0.25) is 0 Å². The lowest BCUT2D eigenvalue weighted by atomic mass is 9.96. The molecule has 1 aliphatic rings. The number of hydrogen-bond acceptors (Lipinski definition) is 5. The molecule has 2 N–H and O–H groups in total. The van der Waals surface area contributed by atoms with Crippen LogP contribution in [0.2, 0.25) is 5.02 Å². The average molecular weight is 399 g/mol. The molecule has 0 bridgehead atoms. The Morgan fingerprint density at radius 2 is 2.04 bits per heavy atom. The van der Waals surface area contributed by atoms with Gasteiger partial charge in [0.05, 0.1) is 23.7 Å². The van der Waals surface area contributed by atoms with Crippen molar-refractivity contribution in [2.75, 3.05) is 27.2 Å². The third kappa shape index (κ3) is 4.22. The molecule has 4 rings (SSSR count).